The van der Waals surface area contributed by atoms with E-state index < -0.39 is 11.9 Å². The highest BCUT2D eigenvalue weighted by Gasteiger charge is 2.23. The smallest absolute Gasteiger partial charge is 0.309 e. The molecule has 0 fully saturated rings. The summed E-state index contributed by atoms with van der Waals surface area (Å²) in [5, 5.41) is 21.6. The number of likely N-dealkylation sites (N-methyl/N-ethyl adjacent to an activating group) is 2. The zero-order chi connectivity index (χ0) is 27.8. The Morgan fingerprint density at radius 3 is 1.47 bits per heavy atom. The number of hydrogen-bond donors (Lipinski definition) is 0. The van der Waals surface area contributed by atoms with Gasteiger partial charge in [0.15, 0.2) is 0 Å². The molecule has 0 radical (unpaired) electrons. The van der Waals surface area contributed by atoms with E-state index in [1.54, 1.807) is 28.2 Å². The van der Waals surface area contributed by atoms with Crippen LogP contribution >= 0.6 is 0 Å². The Hall–Kier alpha value is -2.20. The van der Waals surface area contributed by atoms with E-state index in [0.717, 1.165) is 38.5 Å². The van der Waals surface area contributed by atoms with Gasteiger partial charge in [-0.3, -0.25) is 9.59 Å². The van der Waals surface area contributed by atoms with Gasteiger partial charge in [-0.2, -0.15) is 0 Å². The number of carboxylic acid groups (broad SMARTS) is 2. The number of carbonyl (C=O) groups excluding carboxylic acids is 4. The molecule has 0 heterocycles. The van der Waals surface area contributed by atoms with E-state index in [4.69, 9.17) is 9.47 Å². The molecule has 0 aromatic rings. The van der Waals surface area contributed by atoms with E-state index in [0.29, 0.717) is 25.9 Å². The highest BCUT2D eigenvalue weighted by atomic mass is 16.5. The predicted octanol–water partition coefficient (Wildman–Crippen LogP) is 0.118. The third-order valence-corrected chi connectivity index (χ3v) is 6.40. The Morgan fingerprint density at radius 2 is 1.08 bits per heavy atom. The van der Waals surface area contributed by atoms with Crippen molar-refractivity contribution in [2.45, 2.75) is 65.2 Å². The van der Waals surface area contributed by atoms with E-state index in [9.17, 15) is 29.4 Å². The molecule has 10 heteroatoms. The van der Waals surface area contributed by atoms with Crippen molar-refractivity contribution in [3.8, 4) is 0 Å². The van der Waals surface area contributed by atoms with Crippen molar-refractivity contribution in [2.75, 3.05) is 67.6 Å². The van der Waals surface area contributed by atoms with Crippen molar-refractivity contribution in [2.24, 2.45) is 11.8 Å². The van der Waals surface area contributed by atoms with Crippen molar-refractivity contribution in [3.63, 3.8) is 0 Å². The molecule has 0 saturated carbocycles. The molecule has 210 valence electrons. The molecule has 0 rings (SSSR count). The molecule has 0 aromatic heterocycles. The van der Waals surface area contributed by atoms with Gasteiger partial charge < -0.3 is 38.2 Å². The first-order valence-electron chi connectivity index (χ1n) is 13.1. The second kappa shape index (κ2) is 17.3. The Labute approximate surface area is 216 Å². The van der Waals surface area contributed by atoms with E-state index >= 15 is 0 Å². The number of unbranched alkanes of at least 4 members (excludes halogenated alkanes) is 2. The van der Waals surface area contributed by atoms with Crippen molar-refractivity contribution in [3.05, 3.63) is 0 Å². The molecular weight excluding hydrogens is 468 g/mol. The highest BCUT2D eigenvalue weighted by Crippen LogP contribution is 2.20. The Balaban J connectivity index is 4.35. The van der Waals surface area contributed by atoms with Gasteiger partial charge in [0.1, 0.15) is 39.4 Å². The number of hydrogen-bond acceptors (Lipinski definition) is 8. The fourth-order valence-corrected chi connectivity index (χ4v) is 4.05. The molecule has 0 saturated heterocycles. The van der Waals surface area contributed by atoms with Crippen LogP contribution in [0.4, 0.5) is 0 Å². The summed E-state index contributed by atoms with van der Waals surface area (Å²) in [6.07, 6.45) is 6.31. The maximum absolute atomic E-state index is 12.5. The Morgan fingerprint density at radius 1 is 0.667 bits per heavy atom. The van der Waals surface area contributed by atoms with Crippen LogP contribution < -0.4 is 10.2 Å². The zero-order valence-corrected chi connectivity index (χ0v) is 23.2. The van der Waals surface area contributed by atoms with E-state index in [1.807, 2.05) is 13.8 Å². The average Bonchev–Trinajstić information content (AvgIpc) is 2.73. The van der Waals surface area contributed by atoms with Crippen LogP contribution in [-0.2, 0) is 28.7 Å². The lowest BCUT2D eigenvalue weighted by Gasteiger charge is -2.30. The molecule has 36 heavy (non-hydrogen) atoms. The van der Waals surface area contributed by atoms with Gasteiger partial charge in [0.05, 0.1) is 52.0 Å². The van der Waals surface area contributed by atoms with Gasteiger partial charge in [0, 0.05) is 0 Å². The maximum atomic E-state index is 12.5. The minimum atomic E-state index is -1.14. The van der Waals surface area contributed by atoms with Gasteiger partial charge in [-0.05, 0) is 25.7 Å². The molecule has 0 bridgehead atoms. The van der Waals surface area contributed by atoms with Gasteiger partial charge in [-0.15, -0.1) is 0 Å². The molecule has 0 aliphatic carbocycles. The molecule has 0 aliphatic heterocycles. The quantitative estimate of drug-likeness (QED) is 0.119. The molecule has 0 spiro atoms. The average molecular weight is 517 g/mol. The summed E-state index contributed by atoms with van der Waals surface area (Å²) in [5.41, 5.74) is 0. The summed E-state index contributed by atoms with van der Waals surface area (Å²) in [6.45, 7) is 4.84. The number of ether oxygens (including phenoxy) is 2. The molecule has 0 aromatic carbocycles. The van der Waals surface area contributed by atoms with Crippen LogP contribution in [0, 0.1) is 11.8 Å². The molecule has 2 atom stereocenters. The summed E-state index contributed by atoms with van der Waals surface area (Å²) in [7, 11) is 7.01. The summed E-state index contributed by atoms with van der Waals surface area (Å²) < 4.78 is 11.2. The van der Waals surface area contributed by atoms with Crippen LogP contribution in [0.2, 0.25) is 0 Å². The van der Waals surface area contributed by atoms with Crippen molar-refractivity contribution in [1.29, 1.82) is 0 Å². The molecular formula is C26H48N2O8. The topological polar surface area (TPSA) is 133 Å². The summed E-state index contributed by atoms with van der Waals surface area (Å²) >= 11 is 0. The van der Waals surface area contributed by atoms with Crippen LogP contribution in [0.15, 0.2) is 0 Å². The van der Waals surface area contributed by atoms with E-state index in [1.165, 1.54) is 0 Å². The summed E-state index contributed by atoms with van der Waals surface area (Å²) in [4.78, 5) is 46.5. The largest absolute Gasteiger partial charge is 0.544 e. The van der Waals surface area contributed by atoms with E-state index in [2.05, 4.69) is 0 Å². The summed E-state index contributed by atoms with van der Waals surface area (Å²) in [6, 6.07) is 0. The van der Waals surface area contributed by atoms with Crippen LogP contribution in [0.3, 0.4) is 0 Å². The van der Waals surface area contributed by atoms with Crippen molar-refractivity contribution < 1.29 is 47.8 Å². The lowest BCUT2D eigenvalue weighted by atomic mass is 9.94. The first-order valence-corrected chi connectivity index (χ1v) is 13.1. The summed E-state index contributed by atoms with van der Waals surface area (Å²) in [5.74, 6) is -3.13. The lowest BCUT2D eigenvalue weighted by molar-refractivity contribution is -0.884. The maximum Gasteiger partial charge on any atom is 0.309 e. The zero-order valence-electron chi connectivity index (χ0n) is 23.2. The fraction of sp³-hybridized carbons (Fsp3) is 0.846. The number of nitrogens with zero attached hydrogens (tertiary/aromatic N) is 2. The molecule has 2 unspecified atom stereocenters. The second-order valence-electron chi connectivity index (χ2n) is 10.9. The number of carbonyl (C=O) groups is 4. The highest BCUT2D eigenvalue weighted by molar-refractivity contribution is 5.72. The van der Waals surface area contributed by atoms with Gasteiger partial charge >= 0.3 is 11.9 Å². The molecule has 0 N–H and O–H groups in total. The normalized spacial score (nSPS) is 13.6. The minimum Gasteiger partial charge on any atom is -0.544 e. The third-order valence-electron chi connectivity index (χ3n) is 6.40. The van der Waals surface area contributed by atoms with Crippen molar-refractivity contribution >= 4 is 23.9 Å². The van der Waals surface area contributed by atoms with Gasteiger partial charge in [0.2, 0.25) is 0 Å². The van der Waals surface area contributed by atoms with Gasteiger partial charge in [0.25, 0.3) is 0 Å². The molecule has 0 amide bonds. The first-order chi connectivity index (χ1) is 16.7. The molecule has 0 aliphatic rings. The SMILES string of the molecule is CCCC(CCCCCC(CC)C(=O)OCC[N+](C)(C)CC(=O)[O-])C(=O)OCC[N+](C)(C)CC(=O)[O-]. The number of carboxylic acids is 2. The van der Waals surface area contributed by atoms with Gasteiger partial charge in [-0.25, -0.2) is 0 Å². The number of quaternary nitrogens is 2. The lowest BCUT2D eigenvalue weighted by Crippen LogP contribution is -2.50. The first kappa shape index (κ1) is 33.8. The third kappa shape index (κ3) is 16.5. The monoisotopic (exact) mass is 516 g/mol. The fourth-order valence-electron chi connectivity index (χ4n) is 4.05. The van der Waals surface area contributed by atoms with Crippen molar-refractivity contribution in [1.82, 2.24) is 0 Å². The number of aliphatic carboxylic acids is 2. The minimum absolute atomic E-state index is 0.137. The Kier molecular flexibility index (Phi) is 16.2. The van der Waals surface area contributed by atoms with Crippen LogP contribution in [-0.4, -0.2) is 100 Å². The standard InChI is InChI=1S/C26H48N2O8/c1-7-12-22(26(34)36-18-16-28(5,6)20-24(31)32)14-11-9-10-13-21(8-2)25(33)35-17-15-27(3,4)19-23(29)30/h21-22H,7-20H2,1-6H3. The molecule has 10 nitrogen and oxygen atoms in total. The number of rotatable bonds is 21. The predicted molar refractivity (Wildman–Crippen MR) is 131 cm³/mol. The Bertz CT molecular complexity index is 693. The van der Waals surface area contributed by atoms with Crippen LogP contribution in [0.5, 0.6) is 0 Å². The number of esters is 2. The van der Waals surface area contributed by atoms with Crippen LogP contribution in [0.1, 0.15) is 65.2 Å². The van der Waals surface area contributed by atoms with Crippen LogP contribution in [0.25, 0.3) is 0 Å². The van der Waals surface area contributed by atoms with E-state index in [-0.39, 0.29) is 59.0 Å². The second-order valence-corrected chi connectivity index (χ2v) is 10.9. The van der Waals surface area contributed by atoms with Gasteiger partial charge in [-0.1, -0.05) is 39.5 Å².